The molecule has 7 heteroatoms. The molecular weight excluding hydrogens is 367 g/mol. The Morgan fingerprint density at radius 2 is 1.52 bits per heavy atom. The minimum absolute atomic E-state index is 0.0538. The van der Waals surface area contributed by atoms with Gasteiger partial charge in [0.2, 0.25) is 15.9 Å². The molecule has 0 atom stereocenters. The maximum atomic E-state index is 13.3. The van der Waals surface area contributed by atoms with E-state index in [-0.39, 0.29) is 23.4 Å². The summed E-state index contributed by atoms with van der Waals surface area (Å²) in [7, 11) is -3.84. The maximum Gasteiger partial charge on any atom is 0.243 e. The van der Waals surface area contributed by atoms with Crippen molar-refractivity contribution in [1.29, 1.82) is 0 Å². The van der Waals surface area contributed by atoms with Crippen molar-refractivity contribution in [2.45, 2.75) is 68.7 Å². The van der Waals surface area contributed by atoms with Crippen LogP contribution in [0.5, 0.6) is 0 Å². The summed E-state index contributed by atoms with van der Waals surface area (Å²) < 4.78 is 41.2. The predicted octanol–water partition coefficient (Wildman–Crippen LogP) is 3.55. The first-order valence-electron chi connectivity index (χ1n) is 10.0. The van der Waals surface area contributed by atoms with Gasteiger partial charge in [0.05, 0.1) is 11.4 Å². The molecule has 1 aromatic rings. The molecule has 1 aliphatic carbocycles. The van der Waals surface area contributed by atoms with Gasteiger partial charge in [0.1, 0.15) is 5.82 Å². The summed E-state index contributed by atoms with van der Waals surface area (Å²) >= 11 is 0. The van der Waals surface area contributed by atoms with Gasteiger partial charge in [-0.2, -0.15) is 4.31 Å². The van der Waals surface area contributed by atoms with Crippen molar-refractivity contribution >= 4 is 15.9 Å². The van der Waals surface area contributed by atoms with E-state index in [0.717, 1.165) is 69.9 Å². The first-order valence-corrected chi connectivity index (χ1v) is 11.5. The fraction of sp³-hybridized carbons (Fsp3) is 0.650. The second-order valence-electron chi connectivity index (χ2n) is 7.59. The number of benzene rings is 1. The lowest BCUT2D eigenvalue weighted by Crippen LogP contribution is -2.48. The molecule has 1 saturated carbocycles. The van der Waals surface area contributed by atoms with Crippen LogP contribution in [0, 0.1) is 5.82 Å². The number of carbonyl (C=O) groups is 1. The second kappa shape index (κ2) is 9.15. The zero-order valence-corrected chi connectivity index (χ0v) is 16.6. The largest absolute Gasteiger partial charge is 0.342 e. The quantitative estimate of drug-likeness (QED) is 0.765. The molecule has 3 rings (SSSR count). The van der Waals surface area contributed by atoms with Gasteiger partial charge >= 0.3 is 0 Å². The van der Waals surface area contributed by atoms with Crippen molar-refractivity contribution in [3.8, 4) is 0 Å². The van der Waals surface area contributed by atoms with Crippen LogP contribution < -0.4 is 0 Å². The second-order valence-corrected chi connectivity index (χ2v) is 9.48. The van der Waals surface area contributed by atoms with Gasteiger partial charge in [0.15, 0.2) is 0 Å². The van der Waals surface area contributed by atoms with Crippen LogP contribution in [0.2, 0.25) is 0 Å². The van der Waals surface area contributed by atoms with E-state index < -0.39 is 15.8 Å². The number of nitrogens with zero attached hydrogens (tertiary/aromatic N) is 2. The molecule has 1 heterocycles. The fourth-order valence-electron chi connectivity index (χ4n) is 4.07. The highest BCUT2D eigenvalue weighted by molar-refractivity contribution is 7.89. The van der Waals surface area contributed by atoms with E-state index in [0.29, 0.717) is 13.1 Å². The summed E-state index contributed by atoms with van der Waals surface area (Å²) in [6, 6.07) is 4.73. The van der Waals surface area contributed by atoms with Crippen LogP contribution in [0.15, 0.2) is 29.2 Å². The number of sulfonamides is 1. The van der Waals surface area contributed by atoms with Crippen molar-refractivity contribution < 1.29 is 17.6 Å². The Morgan fingerprint density at radius 1 is 0.963 bits per heavy atom. The Morgan fingerprint density at radius 3 is 2.11 bits per heavy atom. The van der Waals surface area contributed by atoms with E-state index in [1.165, 1.54) is 16.4 Å². The summed E-state index contributed by atoms with van der Waals surface area (Å²) in [4.78, 5) is 14.8. The zero-order chi connectivity index (χ0) is 19.3. The van der Waals surface area contributed by atoms with E-state index in [4.69, 9.17) is 0 Å². The molecule has 1 aliphatic heterocycles. The topological polar surface area (TPSA) is 57.7 Å². The molecule has 0 spiro atoms. The van der Waals surface area contributed by atoms with E-state index in [1.807, 2.05) is 4.90 Å². The Labute approximate surface area is 161 Å². The van der Waals surface area contributed by atoms with Gasteiger partial charge in [-0.25, -0.2) is 12.8 Å². The minimum Gasteiger partial charge on any atom is -0.342 e. The summed E-state index contributed by atoms with van der Waals surface area (Å²) in [5.74, 6) is -0.591. The molecule has 0 N–H and O–H groups in total. The van der Waals surface area contributed by atoms with Crippen LogP contribution in [0.3, 0.4) is 0 Å². The molecular formula is C20H29FN2O3S. The van der Waals surface area contributed by atoms with Crippen molar-refractivity contribution in [3.63, 3.8) is 0 Å². The molecule has 0 bridgehead atoms. The summed E-state index contributed by atoms with van der Waals surface area (Å²) in [6.45, 7) is 1.28. The SMILES string of the molecule is O=C(CN(C1CCCCC1)S(=O)(=O)c1ccc(F)cc1)N1CCCCCC1. The lowest BCUT2D eigenvalue weighted by molar-refractivity contribution is -0.131. The number of hydrogen-bond acceptors (Lipinski definition) is 3. The van der Waals surface area contributed by atoms with Crippen LogP contribution in [0.4, 0.5) is 4.39 Å². The van der Waals surface area contributed by atoms with Gasteiger partial charge in [-0.3, -0.25) is 4.79 Å². The molecule has 5 nitrogen and oxygen atoms in total. The first-order chi connectivity index (χ1) is 13.0. The molecule has 2 aliphatic rings. The average molecular weight is 397 g/mol. The molecule has 1 saturated heterocycles. The van der Waals surface area contributed by atoms with E-state index in [1.54, 1.807) is 0 Å². The van der Waals surface area contributed by atoms with Crippen LogP contribution in [-0.2, 0) is 14.8 Å². The molecule has 0 radical (unpaired) electrons. The van der Waals surface area contributed by atoms with Crippen molar-refractivity contribution in [1.82, 2.24) is 9.21 Å². The van der Waals surface area contributed by atoms with E-state index in [2.05, 4.69) is 0 Å². The highest BCUT2D eigenvalue weighted by Gasteiger charge is 2.35. The molecule has 1 amide bonds. The third-order valence-electron chi connectivity index (χ3n) is 5.65. The normalized spacial score (nSPS) is 19.9. The summed E-state index contributed by atoms with van der Waals surface area (Å²) in [5, 5.41) is 0. The van der Waals surface area contributed by atoms with Crippen molar-refractivity contribution in [3.05, 3.63) is 30.1 Å². The Kier molecular flexibility index (Phi) is 6.87. The molecule has 0 aromatic heterocycles. The van der Waals surface area contributed by atoms with Crippen LogP contribution in [0.1, 0.15) is 57.8 Å². The molecule has 27 heavy (non-hydrogen) atoms. The maximum absolute atomic E-state index is 13.3. The number of rotatable bonds is 5. The fourth-order valence-corrected chi connectivity index (χ4v) is 5.71. The smallest absolute Gasteiger partial charge is 0.243 e. The molecule has 2 fully saturated rings. The standard InChI is InChI=1S/C20H29FN2O3S/c21-17-10-12-19(13-11-17)27(25,26)23(18-8-4-3-5-9-18)16-20(24)22-14-6-1-2-7-15-22/h10-13,18H,1-9,14-16H2. The van der Waals surface area contributed by atoms with Crippen molar-refractivity contribution in [2.75, 3.05) is 19.6 Å². The van der Waals surface area contributed by atoms with Crippen LogP contribution in [-0.4, -0.2) is 49.2 Å². The van der Waals surface area contributed by atoms with Crippen LogP contribution in [0.25, 0.3) is 0 Å². The van der Waals surface area contributed by atoms with Crippen molar-refractivity contribution in [2.24, 2.45) is 0 Å². The lowest BCUT2D eigenvalue weighted by atomic mass is 9.95. The van der Waals surface area contributed by atoms with E-state index >= 15 is 0 Å². The Balaban J connectivity index is 1.83. The molecule has 1 aromatic carbocycles. The van der Waals surface area contributed by atoms with E-state index in [9.17, 15) is 17.6 Å². The summed E-state index contributed by atoms with van der Waals surface area (Å²) in [6.07, 6.45) is 8.76. The number of hydrogen-bond donors (Lipinski definition) is 0. The predicted molar refractivity (Wildman–Crippen MR) is 102 cm³/mol. The zero-order valence-electron chi connectivity index (χ0n) is 15.8. The lowest BCUT2D eigenvalue weighted by Gasteiger charge is -2.34. The molecule has 0 unspecified atom stereocenters. The van der Waals surface area contributed by atoms with Crippen LogP contribution >= 0.6 is 0 Å². The third-order valence-corrected chi connectivity index (χ3v) is 7.56. The Bertz CT molecular complexity index is 722. The monoisotopic (exact) mass is 396 g/mol. The van der Waals surface area contributed by atoms with Gasteiger partial charge in [-0.05, 0) is 49.9 Å². The average Bonchev–Trinajstić information content (AvgIpc) is 2.96. The van der Waals surface area contributed by atoms with Gasteiger partial charge < -0.3 is 4.90 Å². The third kappa shape index (κ3) is 5.08. The number of likely N-dealkylation sites (tertiary alicyclic amines) is 1. The Hall–Kier alpha value is -1.47. The minimum atomic E-state index is -3.84. The molecule has 150 valence electrons. The first kappa shape index (κ1) is 20.3. The van der Waals surface area contributed by atoms with Gasteiger partial charge in [0.25, 0.3) is 0 Å². The number of amides is 1. The highest BCUT2D eigenvalue weighted by Crippen LogP contribution is 2.28. The summed E-state index contributed by atoms with van der Waals surface area (Å²) in [5.41, 5.74) is 0. The van der Waals surface area contributed by atoms with Gasteiger partial charge in [0, 0.05) is 19.1 Å². The number of carbonyl (C=O) groups excluding carboxylic acids is 1. The highest BCUT2D eigenvalue weighted by atomic mass is 32.2. The number of halogens is 1. The van der Waals surface area contributed by atoms with Gasteiger partial charge in [-0.15, -0.1) is 0 Å². The van der Waals surface area contributed by atoms with Gasteiger partial charge in [-0.1, -0.05) is 32.1 Å².